The molecule has 0 bridgehead atoms. The minimum Gasteiger partial charge on any atom is -0.354 e. The molecule has 0 saturated heterocycles. The van der Waals surface area contributed by atoms with Gasteiger partial charge < -0.3 is 4.52 Å². The van der Waals surface area contributed by atoms with E-state index in [0.717, 1.165) is 16.9 Å². The van der Waals surface area contributed by atoms with Gasteiger partial charge in [0, 0.05) is 11.1 Å². The van der Waals surface area contributed by atoms with E-state index in [2.05, 4.69) is 19.0 Å². The molecule has 0 aliphatic heterocycles. The summed E-state index contributed by atoms with van der Waals surface area (Å²) in [5.74, 6) is 1.08. The summed E-state index contributed by atoms with van der Waals surface area (Å²) in [4.78, 5) is 0. The first-order valence-electron chi connectivity index (χ1n) is 4.90. The molecule has 0 spiro atoms. The molecule has 0 atom stereocenters. The maximum atomic E-state index is 5.98. The van der Waals surface area contributed by atoms with Gasteiger partial charge in [0.05, 0.1) is 0 Å². The monoisotopic (exact) mass is 221 g/mol. The lowest BCUT2D eigenvalue weighted by Crippen LogP contribution is -1.88. The number of benzene rings is 1. The Kier molecular flexibility index (Phi) is 2.78. The second-order valence-corrected chi connectivity index (χ2v) is 4.09. The molecule has 78 valence electrons. The molecule has 2 aromatic rings. The molecule has 0 saturated carbocycles. The highest BCUT2D eigenvalue weighted by molar-refractivity contribution is 6.30. The first-order chi connectivity index (χ1) is 7.20. The fourth-order valence-corrected chi connectivity index (χ4v) is 1.91. The number of nitrogens with zero attached hydrogens (tertiary/aromatic N) is 1. The molecule has 1 heterocycles. The highest BCUT2D eigenvalue weighted by Crippen LogP contribution is 2.34. The quantitative estimate of drug-likeness (QED) is 0.763. The number of halogens is 1. The van der Waals surface area contributed by atoms with Crippen LogP contribution in [-0.4, -0.2) is 5.16 Å². The van der Waals surface area contributed by atoms with Crippen molar-refractivity contribution in [3.63, 3.8) is 0 Å². The minimum atomic E-state index is 0.305. The van der Waals surface area contributed by atoms with Crippen LogP contribution >= 0.6 is 11.6 Å². The number of hydrogen-bond donors (Lipinski definition) is 0. The van der Waals surface area contributed by atoms with E-state index >= 15 is 0 Å². The maximum Gasteiger partial charge on any atom is 0.176 e. The lowest BCUT2D eigenvalue weighted by molar-refractivity contribution is 0.431. The first-order valence-corrected chi connectivity index (χ1v) is 5.28. The van der Waals surface area contributed by atoms with Gasteiger partial charge in [0.25, 0.3) is 0 Å². The van der Waals surface area contributed by atoms with Crippen molar-refractivity contribution in [3.8, 4) is 11.3 Å². The van der Waals surface area contributed by atoms with Crippen LogP contribution in [-0.2, 0) is 0 Å². The molecule has 1 aromatic carbocycles. The van der Waals surface area contributed by atoms with E-state index in [1.807, 2.05) is 30.3 Å². The highest BCUT2D eigenvalue weighted by Gasteiger charge is 2.18. The largest absolute Gasteiger partial charge is 0.354 e. The zero-order valence-corrected chi connectivity index (χ0v) is 9.45. The Balaban J connectivity index is 2.54. The molecule has 1 aromatic heterocycles. The second-order valence-electron chi connectivity index (χ2n) is 3.74. The third-order valence-corrected chi connectivity index (χ3v) is 2.57. The third kappa shape index (κ3) is 1.90. The van der Waals surface area contributed by atoms with Crippen LogP contribution in [0.15, 0.2) is 34.9 Å². The van der Waals surface area contributed by atoms with Crippen LogP contribution in [0.3, 0.4) is 0 Å². The normalized spacial score (nSPS) is 10.9. The summed E-state index contributed by atoms with van der Waals surface area (Å²) in [6, 6.07) is 9.88. The van der Waals surface area contributed by atoms with E-state index in [4.69, 9.17) is 16.1 Å². The molecule has 0 aliphatic rings. The average Bonchev–Trinajstić information content (AvgIpc) is 2.61. The Morgan fingerprint density at radius 3 is 2.47 bits per heavy atom. The van der Waals surface area contributed by atoms with Gasteiger partial charge >= 0.3 is 0 Å². The molecule has 15 heavy (non-hydrogen) atoms. The lowest BCUT2D eigenvalue weighted by Gasteiger charge is -2.04. The summed E-state index contributed by atoms with van der Waals surface area (Å²) in [5.41, 5.74) is 1.99. The number of rotatable bonds is 2. The zero-order chi connectivity index (χ0) is 10.8. The van der Waals surface area contributed by atoms with Crippen molar-refractivity contribution in [2.45, 2.75) is 19.8 Å². The SMILES string of the molecule is CC(C)c1c(Cl)noc1-c1ccccc1. The van der Waals surface area contributed by atoms with E-state index in [1.165, 1.54) is 0 Å². The number of hydrogen-bond acceptors (Lipinski definition) is 2. The van der Waals surface area contributed by atoms with Gasteiger partial charge in [-0.1, -0.05) is 60.9 Å². The van der Waals surface area contributed by atoms with Crippen molar-refractivity contribution in [2.24, 2.45) is 0 Å². The first kappa shape index (κ1) is 10.2. The maximum absolute atomic E-state index is 5.98. The predicted octanol–water partition coefficient (Wildman–Crippen LogP) is 4.12. The van der Waals surface area contributed by atoms with Crippen LogP contribution < -0.4 is 0 Å². The summed E-state index contributed by atoms with van der Waals surface area (Å²) in [6.07, 6.45) is 0. The Hall–Kier alpha value is -1.28. The van der Waals surface area contributed by atoms with Crippen LogP contribution in [0.5, 0.6) is 0 Å². The number of aromatic nitrogens is 1. The van der Waals surface area contributed by atoms with Crippen molar-refractivity contribution in [2.75, 3.05) is 0 Å². The lowest BCUT2D eigenvalue weighted by atomic mass is 10.0. The third-order valence-electron chi connectivity index (χ3n) is 2.30. The van der Waals surface area contributed by atoms with Crippen LogP contribution in [0.2, 0.25) is 5.15 Å². The van der Waals surface area contributed by atoms with E-state index in [0.29, 0.717) is 11.1 Å². The van der Waals surface area contributed by atoms with Crippen LogP contribution in [0.1, 0.15) is 25.3 Å². The molecule has 0 amide bonds. The van der Waals surface area contributed by atoms with Crippen molar-refractivity contribution >= 4 is 11.6 Å². The molecular formula is C12H12ClNO. The van der Waals surface area contributed by atoms with Crippen LogP contribution in [0, 0.1) is 0 Å². The van der Waals surface area contributed by atoms with Crippen LogP contribution in [0.25, 0.3) is 11.3 Å². The van der Waals surface area contributed by atoms with Crippen molar-refractivity contribution in [1.82, 2.24) is 5.16 Å². The van der Waals surface area contributed by atoms with E-state index in [9.17, 15) is 0 Å². The van der Waals surface area contributed by atoms with Gasteiger partial charge in [-0.15, -0.1) is 0 Å². The van der Waals surface area contributed by atoms with Crippen molar-refractivity contribution in [1.29, 1.82) is 0 Å². The standard InChI is InChI=1S/C12H12ClNO/c1-8(2)10-11(15-14-12(10)13)9-6-4-3-5-7-9/h3-8H,1-2H3. The Morgan fingerprint density at radius 1 is 1.20 bits per heavy atom. The summed E-state index contributed by atoms with van der Waals surface area (Å²) in [5, 5.41) is 4.27. The summed E-state index contributed by atoms with van der Waals surface area (Å²) in [6.45, 7) is 4.15. The molecule has 0 aliphatic carbocycles. The fourth-order valence-electron chi connectivity index (χ4n) is 1.58. The van der Waals surface area contributed by atoms with E-state index in [1.54, 1.807) is 0 Å². The molecule has 0 radical (unpaired) electrons. The van der Waals surface area contributed by atoms with E-state index < -0.39 is 0 Å². The molecule has 2 nitrogen and oxygen atoms in total. The highest BCUT2D eigenvalue weighted by atomic mass is 35.5. The zero-order valence-electron chi connectivity index (χ0n) is 8.70. The van der Waals surface area contributed by atoms with Gasteiger partial charge in [-0.2, -0.15) is 0 Å². The molecular weight excluding hydrogens is 210 g/mol. The second kappa shape index (κ2) is 4.07. The minimum absolute atomic E-state index is 0.305. The van der Waals surface area contributed by atoms with E-state index in [-0.39, 0.29) is 0 Å². The summed E-state index contributed by atoms with van der Waals surface area (Å²) in [7, 11) is 0. The van der Waals surface area contributed by atoms with Gasteiger partial charge in [-0.3, -0.25) is 0 Å². The molecule has 0 fully saturated rings. The Morgan fingerprint density at radius 2 is 1.87 bits per heavy atom. The smallest absolute Gasteiger partial charge is 0.176 e. The van der Waals surface area contributed by atoms with Gasteiger partial charge in [0.2, 0.25) is 0 Å². The fraction of sp³-hybridized carbons (Fsp3) is 0.250. The summed E-state index contributed by atoms with van der Waals surface area (Å²) >= 11 is 5.98. The molecule has 0 unspecified atom stereocenters. The topological polar surface area (TPSA) is 26.0 Å². The molecule has 0 N–H and O–H groups in total. The average molecular weight is 222 g/mol. The van der Waals surface area contributed by atoms with Gasteiger partial charge in [0.15, 0.2) is 10.9 Å². The van der Waals surface area contributed by atoms with Crippen molar-refractivity contribution < 1.29 is 4.52 Å². The van der Waals surface area contributed by atoms with Gasteiger partial charge in [-0.05, 0) is 5.92 Å². The van der Waals surface area contributed by atoms with Gasteiger partial charge in [0.1, 0.15) is 0 Å². The van der Waals surface area contributed by atoms with Crippen molar-refractivity contribution in [3.05, 3.63) is 41.0 Å². The van der Waals surface area contributed by atoms with Crippen LogP contribution in [0.4, 0.5) is 0 Å². The molecule has 2 rings (SSSR count). The van der Waals surface area contributed by atoms with Gasteiger partial charge in [-0.25, -0.2) is 0 Å². The predicted molar refractivity (Wildman–Crippen MR) is 61.0 cm³/mol. The summed E-state index contributed by atoms with van der Waals surface area (Å²) < 4.78 is 5.26. The Labute approximate surface area is 93.9 Å². The molecule has 3 heteroatoms. The Bertz CT molecular complexity index is 448.